The maximum atomic E-state index is 12.5. The minimum absolute atomic E-state index is 0.153. The summed E-state index contributed by atoms with van der Waals surface area (Å²) in [6.45, 7) is 7.06. The van der Waals surface area contributed by atoms with Crippen LogP contribution in [-0.4, -0.2) is 39.4 Å². The van der Waals surface area contributed by atoms with Crippen molar-refractivity contribution in [3.05, 3.63) is 29.8 Å². The van der Waals surface area contributed by atoms with Crippen LogP contribution in [0.3, 0.4) is 0 Å². The van der Waals surface area contributed by atoms with Crippen molar-refractivity contribution in [1.29, 1.82) is 0 Å². The van der Waals surface area contributed by atoms with Crippen molar-refractivity contribution in [3.63, 3.8) is 0 Å². The molecule has 1 aliphatic rings. The van der Waals surface area contributed by atoms with Crippen LogP contribution >= 0.6 is 0 Å². The number of rotatable bonds is 5. The number of nitrogens with one attached hydrogen (secondary N) is 2. The van der Waals surface area contributed by atoms with E-state index in [1.165, 1.54) is 0 Å². The predicted molar refractivity (Wildman–Crippen MR) is 93.6 cm³/mol. The highest BCUT2D eigenvalue weighted by Crippen LogP contribution is 2.30. The van der Waals surface area contributed by atoms with Crippen LogP contribution in [0.4, 0.5) is 10.6 Å². The van der Waals surface area contributed by atoms with Crippen molar-refractivity contribution in [2.75, 3.05) is 18.5 Å². The summed E-state index contributed by atoms with van der Waals surface area (Å²) in [6, 6.07) is 0.894. The van der Waals surface area contributed by atoms with Crippen LogP contribution in [0.25, 0.3) is 0 Å². The normalized spacial score (nSPS) is 16.5. The molecular formula is C17H24N6O3. The molecule has 1 atom stereocenters. The predicted octanol–water partition coefficient (Wildman–Crippen LogP) is 2.58. The summed E-state index contributed by atoms with van der Waals surface area (Å²) in [7, 11) is 0. The van der Waals surface area contributed by atoms with Crippen LogP contribution in [0.5, 0.6) is 0 Å². The molecule has 2 amide bonds. The molecule has 2 N–H and O–H groups in total. The fourth-order valence-corrected chi connectivity index (χ4v) is 2.86. The van der Waals surface area contributed by atoms with Gasteiger partial charge in [-0.3, -0.25) is 5.32 Å². The Kier molecular flexibility index (Phi) is 5.77. The summed E-state index contributed by atoms with van der Waals surface area (Å²) < 4.78 is 10.9. The Labute approximate surface area is 151 Å². The van der Waals surface area contributed by atoms with Gasteiger partial charge in [0.15, 0.2) is 5.82 Å². The number of hydrogen-bond donors (Lipinski definition) is 2. The third-order valence-electron chi connectivity index (χ3n) is 4.28. The molecule has 3 rings (SSSR count). The van der Waals surface area contributed by atoms with Gasteiger partial charge in [-0.25, -0.2) is 14.8 Å². The van der Waals surface area contributed by atoms with Crippen LogP contribution in [0.2, 0.25) is 0 Å². The average Bonchev–Trinajstić information content (AvgIpc) is 3.10. The number of carbonyl (C=O) groups excluding carboxylic acids is 1. The molecule has 26 heavy (non-hydrogen) atoms. The summed E-state index contributed by atoms with van der Waals surface area (Å²) in [4.78, 5) is 25.2. The molecule has 0 aliphatic carbocycles. The Hall–Kier alpha value is -2.55. The molecule has 0 aromatic carbocycles. The lowest BCUT2D eigenvalue weighted by Gasteiger charge is -2.28. The van der Waals surface area contributed by atoms with E-state index < -0.39 is 0 Å². The van der Waals surface area contributed by atoms with Gasteiger partial charge in [-0.1, -0.05) is 19.0 Å². The van der Waals surface area contributed by atoms with Crippen LogP contribution < -0.4 is 10.6 Å². The molecule has 2 aromatic rings. The van der Waals surface area contributed by atoms with E-state index in [9.17, 15) is 4.79 Å². The van der Waals surface area contributed by atoms with E-state index >= 15 is 0 Å². The standard InChI is InChI=1S/C17H24N6O3/c1-10(2)15-22-16(26-23-15)14(12-5-8-25-9-6-12)21-17(24)20-13-4-7-18-11(3)19-13/h4,7,10,12,14H,5-6,8-9H2,1-3H3,(H2,18,19,20,21,24)/t14-/m1/s1. The molecule has 1 saturated heterocycles. The van der Waals surface area contributed by atoms with E-state index in [0.29, 0.717) is 36.6 Å². The van der Waals surface area contributed by atoms with Crippen LogP contribution in [0.15, 0.2) is 16.8 Å². The summed E-state index contributed by atoms with van der Waals surface area (Å²) in [5.74, 6) is 2.40. The quantitative estimate of drug-likeness (QED) is 0.842. The summed E-state index contributed by atoms with van der Waals surface area (Å²) in [6.07, 6.45) is 3.23. The van der Waals surface area contributed by atoms with Gasteiger partial charge in [0.1, 0.15) is 17.7 Å². The molecule has 0 saturated carbocycles. The minimum atomic E-state index is -0.373. The SMILES string of the molecule is Cc1nccc(NC(=O)N[C@@H](c2nc(C(C)C)no2)C2CCOCC2)n1. The van der Waals surface area contributed by atoms with Gasteiger partial charge in [0.2, 0.25) is 5.89 Å². The Balaban J connectivity index is 1.75. The first-order valence-electron chi connectivity index (χ1n) is 8.81. The lowest BCUT2D eigenvalue weighted by molar-refractivity contribution is 0.0506. The molecule has 0 radical (unpaired) electrons. The van der Waals surface area contributed by atoms with Gasteiger partial charge in [0.05, 0.1) is 0 Å². The number of hydrogen-bond acceptors (Lipinski definition) is 7. The van der Waals surface area contributed by atoms with Crippen LogP contribution in [-0.2, 0) is 4.74 Å². The topological polar surface area (TPSA) is 115 Å². The fraction of sp³-hybridized carbons (Fsp3) is 0.588. The van der Waals surface area contributed by atoms with E-state index in [-0.39, 0.29) is 23.9 Å². The van der Waals surface area contributed by atoms with Gasteiger partial charge in [-0.2, -0.15) is 4.98 Å². The van der Waals surface area contributed by atoms with Crippen LogP contribution in [0, 0.1) is 12.8 Å². The zero-order valence-corrected chi connectivity index (χ0v) is 15.2. The lowest BCUT2D eigenvalue weighted by Crippen LogP contribution is -2.38. The second-order valence-electron chi connectivity index (χ2n) is 6.66. The van der Waals surface area contributed by atoms with Gasteiger partial charge < -0.3 is 14.6 Å². The fourth-order valence-electron chi connectivity index (χ4n) is 2.86. The van der Waals surface area contributed by atoms with E-state index in [1.54, 1.807) is 19.2 Å². The van der Waals surface area contributed by atoms with Gasteiger partial charge in [0, 0.05) is 25.3 Å². The Morgan fingerprint density at radius 3 is 2.69 bits per heavy atom. The molecule has 1 fully saturated rings. The minimum Gasteiger partial charge on any atom is -0.381 e. The number of carbonyl (C=O) groups is 1. The molecule has 0 unspecified atom stereocenters. The van der Waals surface area contributed by atoms with E-state index in [2.05, 4.69) is 30.7 Å². The second-order valence-corrected chi connectivity index (χ2v) is 6.66. The summed E-state index contributed by atoms with van der Waals surface area (Å²) >= 11 is 0. The zero-order valence-electron chi connectivity index (χ0n) is 15.2. The lowest BCUT2D eigenvalue weighted by atomic mass is 9.91. The molecule has 0 bridgehead atoms. The first-order valence-corrected chi connectivity index (χ1v) is 8.81. The first-order chi connectivity index (χ1) is 12.5. The van der Waals surface area contributed by atoms with E-state index in [0.717, 1.165) is 12.8 Å². The number of ether oxygens (including phenoxy) is 1. The number of anilines is 1. The third-order valence-corrected chi connectivity index (χ3v) is 4.28. The van der Waals surface area contributed by atoms with Crippen molar-refractivity contribution < 1.29 is 14.1 Å². The van der Waals surface area contributed by atoms with Crippen molar-refractivity contribution in [3.8, 4) is 0 Å². The Morgan fingerprint density at radius 2 is 2.04 bits per heavy atom. The molecule has 1 aliphatic heterocycles. The smallest absolute Gasteiger partial charge is 0.321 e. The largest absolute Gasteiger partial charge is 0.381 e. The van der Waals surface area contributed by atoms with E-state index in [1.807, 2.05) is 13.8 Å². The summed E-state index contributed by atoms with van der Waals surface area (Å²) in [5, 5.41) is 9.71. The van der Waals surface area contributed by atoms with Crippen LogP contribution in [0.1, 0.15) is 56.2 Å². The zero-order chi connectivity index (χ0) is 18.5. The first kappa shape index (κ1) is 18.2. The molecule has 9 heteroatoms. The van der Waals surface area contributed by atoms with Crippen molar-refractivity contribution in [1.82, 2.24) is 25.4 Å². The average molecular weight is 360 g/mol. The molecule has 2 aromatic heterocycles. The second kappa shape index (κ2) is 8.22. The van der Waals surface area contributed by atoms with Gasteiger partial charge in [-0.15, -0.1) is 0 Å². The monoisotopic (exact) mass is 360 g/mol. The number of amides is 2. The maximum Gasteiger partial charge on any atom is 0.321 e. The number of aryl methyl sites for hydroxylation is 1. The highest BCUT2D eigenvalue weighted by molar-refractivity contribution is 5.88. The molecular weight excluding hydrogens is 336 g/mol. The highest BCUT2D eigenvalue weighted by Gasteiger charge is 2.31. The van der Waals surface area contributed by atoms with Gasteiger partial charge in [-0.05, 0) is 31.7 Å². The van der Waals surface area contributed by atoms with Crippen molar-refractivity contribution in [2.45, 2.75) is 45.6 Å². The molecule has 3 heterocycles. The molecule has 9 nitrogen and oxygen atoms in total. The maximum absolute atomic E-state index is 12.5. The highest BCUT2D eigenvalue weighted by atomic mass is 16.5. The van der Waals surface area contributed by atoms with E-state index in [4.69, 9.17) is 9.26 Å². The number of aromatic nitrogens is 4. The number of nitrogens with zero attached hydrogens (tertiary/aromatic N) is 4. The van der Waals surface area contributed by atoms with Crippen molar-refractivity contribution >= 4 is 11.8 Å². The molecule has 0 spiro atoms. The Bertz CT molecular complexity index is 742. The van der Waals surface area contributed by atoms with Gasteiger partial charge >= 0.3 is 6.03 Å². The third kappa shape index (κ3) is 4.54. The Morgan fingerprint density at radius 1 is 1.27 bits per heavy atom. The van der Waals surface area contributed by atoms with Gasteiger partial charge in [0.25, 0.3) is 0 Å². The number of urea groups is 1. The summed E-state index contributed by atoms with van der Waals surface area (Å²) in [5.41, 5.74) is 0. The molecule has 140 valence electrons. The van der Waals surface area contributed by atoms with Crippen molar-refractivity contribution in [2.24, 2.45) is 5.92 Å².